The third-order valence-corrected chi connectivity index (χ3v) is 5.20. The van der Waals surface area contributed by atoms with E-state index in [9.17, 15) is 4.79 Å². The highest BCUT2D eigenvalue weighted by Crippen LogP contribution is 2.25. The van der Waals surface area contributed by atoms with Gasteiger partial charge in [0.2, 0.25) is 5.89 Å². The van der Waals surface area contributed by atoms with Gasteiger partial charge < -0.3 is 15.1 Å². The van der Waals surface area contributed by atoms with E-state index < -0.39 is 0 Å². The maximum atomic E-state index is 12.4. The first-order valence-electron chi connectivity index (χ1n) is 9.34. The lowest BCUT2D eigenvalue weighted by atomic mass is 10.0. The van der Waals surface area contributed by atoms with Crippen LogP contribution in [0.5, 0.6) is 0 Å². The Morgan fingerprint density at radius 2 is 1.97 bits per heavy atom. The van der Waals surface area contributed by atoms with Crippen molar-refractivity contribution in [3.63, 3.8) is 0 Å². The summed E-state index contributed by atoms with van der Waals surface area (Å²) in [5.74, 6) is 0.989. The highest BCUT2D eigenvalue weighted by molar-refractivity contribution is 6.34. The molecule has 1 aromatic heterocycles. The summed E-state index contributed by atoms with van der Waals surface area (Å²) in [5.41, 5.74) is 1.79. The number of hydrogen-bond acceptors (Lipinski definition) is 4. The van der Waals surface area contributed by atoms with Crippen LogP contribution < -0.4 is 10.6 Å². The molecule has 1 amide bonds. The molecule has 2 N–H and O–H groups in total. The van der Waals surface area contributed by atoms with Crippen molar-refractivity contribution in [3.8, 4) is 11.3 Å². The first kappa shape index (κ1) is 21.2. The van der Waals surface area contributed by atoms with Gasteiger partial charge in [0.15, 0.2) is 5.76 Å². The molecular formula is C22H23Cl2N3O2. The molecule has 0 fully saturated rings. The predicted molar refractivity (Wildman–Crippen MR) is 118 cm³/mol. The molecule has 3 aromatic rings. The second kappa shape index (κ2) is 8.89. The maximum absolute atomic E-state index is 12.4. The van der Waals surface area contributed by atoms with E-state index in [1.165, 1.54) is 0 Å². The first-order chi connectivity index (χ1) is 13.8. The topological polar surface area (TPSA) is 67.2 Å². The number of carbonyl (C=O) groups is 1. The van der Waals surface area contributed by atoms with Crippen LogP contribution in [0.3, 0.4) is 0 Å². The molecule has 1 heterocycles. The molecular weight excluding hydrogens is 409 g/mol. The van der Waals surface area contributed by atoms with Crippen molar-refractivity contribution >= 4 is 34.8 Å². The highest BCUT2D eigenvalue weighted by Gasteiger charge is 2.20. The molecule has 0 unspecified atom stereocenters. The van der Waals surface area contributed by atoms with Gasteiger partial charge in [0.05, 0.1) is 23.3 Å². The fraction of sp³-hybridized carbons (Fsp3) is 0.273. The molecule has 0 bridgehead atoms. The quantitative estimate of drug-likeness (QED) is 0.468. The summed E-state index contributed by atoms with van der Waals surface area (Å²) in [7, 11) is 0. The molecule has 0 spiro atoms. The minimum absolute atomic E-state index is 0.188. The fourth-order valence-electron chi connectivity index (χ4n) is 2.62. The van der Waals surface area contributed by atoms with Gasteiger partial charge in [0.25, 0.3) is 5.91 Å². The van der Waals surface area contributed by atoms with Crippen molar-refractivity contribution in [1.82, 2.24) is 10.3 Å². The van der Waals surface area contributed by atoms with Gasteiger partial charge in [-0.2, -0.15) is 0 Å². The van der Waals surface area contributed by atoms with E-state index in [2.05, 4.69) is 15.6 Å². The van der Waals surface area contributed by atoms with Crippen LogP contribution in [0.25, 0.3) is 11.3 Å². The number of nitrogens with zero attached hydrogens (tertiary/aromatic N) is 1. The maximum Gasteiger partial charge on any atom is 0.253 e. The molecule has 7 heteroatoms. The van der Waals surface area contributed by atoms with E-state index in [1.54, 1.807) is 30.5 Å². The molecule has 0 saturated heterocycles. The number of oxazole rings is 1. The number of aromatic nitrogens is 1. The van der Waals surface area contributed by atoms with Crippen molar-refractivity contribution in [2.75, 3.05) is 5.32 Å². The smallest absolute Gasteiger partial charge is 0.253 e. The summed E-state index contributed by atoms with van der Waals surface area (Å²) in [6.07, 6.45) is 2.49. The molecule has 0 aliphatic heterocycles. The van der Waals surface area contributed by atoms with Crippen LogP contribution in [0.15, 0.2) is 53.1 Å². The van der Waals surface area contributed by atoms with Crippen LogP contribution in [0.4, 0.5) is 5.69 Å². The SMILES string of the molecule is CCC(C)(C)NC(=O)c1ccc(NCc2ncc(-c3cccc(Cl)c3)o2)cc1Cl. The highest BCUT2D eigenvalue weighted by atomic mass is 35.5. The van der Waals surface area contributed by atoms with Crippen LogP contribution >= 0.6 is 23.2 Å². The average Bonchev–Trinajstić information content (AvgIpc) is 3.15. The Morgan fingerprint density at radius 3 is 2.66 bits per heavy atom. The van der Waals surface area contributed by atoms with Gasteiger partial charge in [-0.1, -0.05) is 42.3 Å². The third kappa shape index (κ3) is 5.52. The Balaban J connectivity index is 1.65. The van der Waals surface area contributed by atoms with Crippen LogP contribution in [-0.4, -0.2) is 16.4 Å². The third-order valence-electron chi connectivity index (χ3n) is 4.66. The van der Waals surface area contributed by atoms with E-state index in [0.29, 0.717) is 33.8 Å². The van der Waals surface area contributed by atoms with E-state index in [-0.39, 0.29) is 11.4 Å². The second-order valence-electron chi connectivity index (χ2n) is 7.37. The lowest BCUT2D eigenvalue weighted by Gasteiger charge is -2.24. The number of amides is 1. The molecule has 5 nitrogen and oxygen atoms in total. The minimum Gasteiger partial charge on any atom is -0.439 e. The lowest BCUT2D eigenvalue weighted by Crippen LogP contribution is -2.42. The first-order valence-corrected chi connectivity index (χ1v) is 10.1. The predicted octanol–water partition coefficient (Wildman–Crippen LogP) is 6.18. The molecule has 0 aliphatic rings. The zero-order valence-corrected chi connectivity index (χ0v) is 18.1. The summed E-state index contributed by atoms with van der Waals surface area (Å²) in [6.45, 7) is 6.35. The monoisotopic (exact) mass is 431 g/mol. The normalized spacial score (nSPS) is 11.3. The van der Waals surface area contributed by atoms with E-state index in [1.807, 2.05) is 39.0 Å². The Morgan fingerprint density at radius 1 is 1.17 bits per heavy atom. The van der Waals surface area contributed by atoms with Gasteiger partial charge in [-0.3, -0.25) is 4.79 Å². The average molecular weight is 432 g/mol. The molecule has 2 aromatic carbocycles. The van der Waals surface area contributed by atoms with Crippen molar-refractivity contribution in [1.29, 1.82) is 0 Å². The summed E-state index contributed by atoms with van der Waals surface area (Å²) in [6, 6.07) is 12.6. The largest absolute Gasteiger partial charge is 0.439 e. The van der Waals surface area contributed by atoms with Crippen LogP contribution in [0.2, 0.25) is 10.0 Å². The van der Waals surface area contributed by atoms with Crippen LogP contribution in [-0.2, 0) is 6.54 Å². The lowest BCUT2D eigenvalue weighted by molar-refractivity contribution is 0.0911. The van der Waals surface area contributed by atoms with Crippen molar-refractivity contribution in [2.45, 2.75) is 39.3 Å². The van der Waals surface area contributed by atoms with Gasteiger partial charge in [-0.15, -0.1) is 0 Å². The van der Waals surface area contributed by atoms with E-state index >= 15 is 0 Å². The van der Waals surface area contributed by atoms with Crippen molar-refractivity contribution in [3.05, 3.63) is 70.2 Å². The van der Waals surface area contributed by atoms with Gasteiger partial charge in [0, 0.05) is 21.8 Å². The molecule has 0 atom stereocenters. The Bertz CT molecular complexity index is 1010. The second-order valence-corrected chi connectivity index (χ2v) is 8.21. The number of halogens is 2. The number of nitrogens with one attached hydrogen (secondary N) is 2. The Hall–Kier alpha value is -2.50. The number of hydrogen-bond donors (Lipinski definition) is 2. The molecule has 0 saturated carbocycles. The van der Waals surface area contributed by atoms with Crippen molar-refractivity contribution in [2.24, 2.45) is 0 Å². The van der Waals surface area contributed by atoms with Gasteiger partial charge in [-0.05, 0) is 50.6 Å². The number of carbonyl (C=O) groups excluding carboxylic acids is 1. The summed E-state index contributed by atoms with van der Waals surface area (Å²) in [5, 5.41) is 7.21. The molecule has 29 heavy (non-hydrogen) atoms. The zero-order chi connectivity index (χ0) is 21.0. The summed E-state index contributed by atoms with van der Waals surface area (Å²) >= 11 is 12.3. The van der Waals surface area contributed by atoms with Gasteiger partial charge >= 0.3 is 0 Å². The van der Waals surface area contributed by atoms with Crippen LogP contribution in [0, 0.1) is 0 Å². The number of anilines is 1. The molecule has 0 aliphatic carbocycles. The van der Waals surface area contributed by atoms with Gasteiger partial charge in [-0.25, -0.2) is 4.98 Å². The summed E-state index contributed by atoms with van der Waals surface area (Å²) < 4.78 is 5.78. The van der Waals surface area contributed by atoms with Gasteiger partial charge in [0.1, 0.15) is 0 Å². The molecule has 152 valence electrons. The Labute approximate surface area is 180 Å². The molecule has 3 rings (SSSR count). The fourth-order valence-corrected chi connectivity index (χ4v) is 3.07. The van der Waals surface area contributed by atoms with Crippen molar-refractivity contribution < 1.29 is 9.21 Å². The van der Waals surface area contributed by atoms with Crippen LogP contribution in [0.1, 0.15) is 43.4 Å². The number of rotatable bonds is 7. The molecule has 0 radical (unpaired) electrons. The zero-order valence-electron chi connectivity index (χ0n) is 16.6. The van der Waals surface area contributed by atoms with E-state index in [0.717, 1.165) is 17.7 Å². The number of benzene rings is 2. The minimum atomic E-state index is -0.289. The standard InChI is InChI=1S/C22H23Cl2N3O2/c1-4-22(2,3)27-21(28)17-9-8-16(11-18(17)24)25-13-20-26-12-19(29-20)14-6-5-7-15(23)10-14/h5-12,25H,4,13H2,1-3H3,(H,27,28). The Kier molecular flexibility index (Phi) is 6.50. The van der Waals surface area contributed by atoms with E-state index in [4.69, 9.17) is 27.6 Å². The summed E-state index contributed by atoms with van der Waals surface area (Å²) in [4.78, 5) is 16.7.